The summed E-state index contributed by atoms with van der Waals surface area (Å²) in [7, 11) is 0. The standard InChI is InChI=1S/C19H29NO/c1-14-10-11-15-7-4-5-9-17(15)20(14)13-16-8-6-12-19(2,3)18(16)21/h4-5,7,9,14,16,18,21H,6,8,10-13H2,1-3H3. The number of benzene rings is 1. The van der Waals surface area contributed by atoms with Gasteiger partial charge in [0.05, 0.1) is 6.10 Å². The van der Waals surface area contributed by atoms with Gasteiger partial charge in [-0.15, -0.1) is 0 Å². The topological polar surface area (TPSA) is 23.5 Å². The number of aliphatic hydroxyl groups excluding tert-OH is 1. The fourth-order valence-electron chi connectivity index (χ4n) is 4.25. The van der Waals surface area contributed by atoms with Crippen molar-refractivity contribution < 1.29 is 5.11 Å². The highest BCUT2D eigenvalue weighted by atomic mass is 16.3. The second-order valence-electron chi connectivity index (χ2n) is 7.75. The molecule has 1 aliphatic carbocycles. The molecule has 0 spiro atoms. The second kappa shape index (κ2) is 5.64. The van der Waals surface area contributed by atoms with Crippen molar-refractivity contribution in [2.45, 2.75) is 65.0 Å². The minimum atomic E-state index is -0.174. The molecular formula is C19H29NO. The Morgan fingerprint density at radius 2 is 2.00 bits per heavy atom. The Hall–Kier alpha value is -1.02. The molecule has 21 heavy (non-hydrogen) atoms. The predicted molar refractivity (Wildman–Crippen MR) is 88.7 cm³/mol. The smallest absolute Gasteiger partial charge is 0.0636 e. The first kappa shape index (κ1) is 14.9. The van der Waals surface area contributed by atoms with Crippen molar-refractivity contribution in [1.82, 2.24) is 0 Å². The maximum atomic E-state index is 10.7. The van der Waals surface area contributed by atoms with Crippen LogP contribution in [0.1, 0.15) is 52.0 Å². The molecule has 1 aromatic carbocycles. The third kappa shape index (κ3) is 2.83. The second-order valence-corrected chi connectivity index (χ2v) is 7.75. The van der Waals surface area contributed by atoms with Crippen LogP contribution >= 0.6 is 0 Å². The van der Waals surface area contributed by atoms with Gasteiger partial charge < -0.3 is 10.0 Å². The van der Waals surface area contributed by atoms with Crippen LogP contribution in [-0.4, -0.2) is 23.8 Å². The maximum Gasteiger partial charge on any atom is 0.0636 e. The average Bonchev–Trinajstić information content (AvgIpc) is 2.46. The van der Waals surface area contributed by atoms with Crippen molar-refractivity contribution in [3.05, 3.63) is 29.8 Å². The van der Waals surface area contributed by atoms with Crippen molar-refractivity contribution in [2.24, 2.45) is 11.3 Å². The molecule has 1 fully saturated rings. The summed E-state index contributed by atoms with van der Waals surface area (Å²) in [5, 5.41) is 10.7. The molecule has 3 rings (SSSR count). The highest BCUT2D eigenvalue weighted by molar-refractivity contribution is 5.56. The lowest BCUT2D eigenvalue weighted by Crippen LogP contribution is -2.48. The summed E-state index contributed by atoms with van der Waals surface area (Å²) in [6.07, 6.45) is 5.80. The molecule has 1 saturated carbocycles. The molecule has 0 amide bonds. The van der Waals surface area contributed by atoms with Gasteiger partial charge in [-0.05, 0) is 49.7 Å². The van der Waals surface area contributed by atoms with E-state index in [1.54, 1.807) is 0 Å². The van der Waals surface area contributed by atoms with Crippen LogP contribution in [0.5, 0.6) is 0 Å². The van der Waals surface area contributed by atoms with Gasteiger partial charge in [0.25, 0.3) is 0 Å². The van der Waals surface area contributed by atoms with E-state index in [1.165, 1.54) is 30.5 Å². The molecular weight excluding hydrogens is 258 g/mol. The first-order valence-electron chi connectivity index (χ1n) is 8.51. The lowest BCUT2D eigenvalue weighted by molar-refractivity contribution is -0.0298. The van der Waals surface area contributed by atoms with Crippen LogP contribution in [-0.2, 0) is 6.42 Å². The quantitative estimate of drug-likeness (QED) is 0.888. The Morgan fingerprint density at radius 1 is 1.24 bits per heavy atom. The van der Waals surface area contributed by atoms with E-state index in [2.05, 4.69) is 49.9 Å². The van der Waals surface area contributed by atoms with Crippen LogP contribution in [0.25, 0.3) is 0 Å². The van der Waals surface area contributed by atoms with Gasteiger partial charge in [-0.3, -0.25) is 0 Å². The SMILES string of the molecule is CC1CCc2ccccc2N1CC1CCCC(C)(C)C1O. The molecule has 1 aliphatic heterocycles. The molecule has 2 aliphatic rings. The van der Waals surface area contributed by atoms with Crippen LogP contribution < -0.4 is 4.90 Å². The van der Waals surface area contributed by atoms with E-state index in [4.69, 9.17) is 0 Å². The molecule has 1 aromatic rings. The summed E-state index contributed by atoms with van der Waals surface area (Å²) in [6.45, 7) is 7.77. The van der Waals surface area contributed by atoms with E-state index >= 15 is 0 Å². The lowest BCUT2D eigenvalue weighted by Gasteiger charge is -2.45. The molecule has 0 saturated heterocycles. The van der Waals surface area contributed by atoms with Gasteiger partial charge >= 0.3 is 0 Å². The Labute approximate surface area is 129 Å². The number of hydrogen-bond acceptors (Lipinski definition) is 2. The normalized spacial score (nSPS) is 31.8. The van der Waals surface area contributed by atoms with Gasteiger partial charge in [0.2, 0.25) is 0 Å². The van der Waals surface area contributed by atoms with E-state index < -0.39 is 0 Å². The zero-order valence-corrected chi connectivity index (χ0v) is 13.7. The molecule has 1 heterocycles. The zero-order valence-electron chi connectivity index (χ0n) is 13.7. The fourth-order valence-corrected chi connectivity index (χ4v) is 4.25. The summed E-state index contributed by atoms with van der Waals surface area (Å²) in [4.78, 5) is 2.55. The number of anilines is 1. The summed E-state index contributed by atoms with van der Waals surface area (Å²) in [5.74, 6) is 0.405. The van der Waals surface area contributed by atoms with Crippen molar-refractivity contribution >= 4 is 5.69 Å². The number of rotatable bonds is 2. The summed E-state index contributed by atoms with van der Waals surface area (Å²) >= 11 is 0. The maximum absolute atomic E-state index is 10.7. The lowest BCUT2D eigenvalue weighted by atomic mass is 9.69. The van der Waals surface area contributed by atoms with Gasteiger partial charge in [-0.1, -0.05) is 38.5 Å². The largest absolute Gasteiger partial charge is 0.392 e. The van der Waals surface area contributed by atoms with E-state index in [1.807, 2.05) is 0 Å². The molecule has 116 valence electrons. The third-order valence-corrected chi connectivity index (χ3v) is 5.74. The highest BCUT2D eigenvalue weighted by Crippen LogP contribution is 2.41. The Bertz CT molecular complexity index is 496. The van der Waals surface area contributed by atoms with Crippen molar-refractivity contribution in [3.63, 3.8) is 0 Å². The van der Waals surface area contributed by atoms with Crippen LogP contribution in [0.15, 0.2) is 24.3 Å². The number of aliphatic hydroxyl groups is 1. The minimum absolute atomic E-state index is 0.0709. The number of para-hydroxylation sites is 1. The number of fused-ring (bicyclic) bond motifs is 1. The number of hydrogen-bond donors (Lipinski definition) is 1. The van der Waals surface area contributed by atoms with Gasteiger partial charge in [0, 0.05) is 24.2 Å². The highest BCUT2D eigenvalue weighted by Gasteiger charge is 2.39. The Balaban J connectivity index is 1.81. The van der Waals surface area contributed by atoms with Gasteiger partial charge in [-0.25, -0.2) is 0 Å². The Kier molecular flexibility index (Phi) is 4.00. The number of nitrogens with zero attached hydrogens (tertiary/aromatic N) is 1. The first-order valence-corrected chi connectivity index (χ1v) is 8.51. The van der Waals surface area contributed by atoms with Crippen LogP contribution in [0.3, 0.4) is 0 Å². The molecule has 3 atom stereocenters. The molecule has 3 unspecified atom stereocenters. The summed E-state index contributed by atoms with van der Waals surface area (Å²) in [6, 6.07) is 9.38. The van der Waals surface area contributed by atoms with Gasteiger partial charge in [0.1, 0.15) is 0 Å². The molecule has 2 nitrogen and oxygen atoms in total. The zero-order chi connectivity index (χ0) is 15.0. The van der Waals surface area contributed by atoms with E-state index in [0.29, 0.717) is 12.0 Å². The average molecular weight is 287 g/mol. The van der Waals surface area contributed by atoms with Gasteiger partial charge in [-0.2, -0.15) is 0 Å². The van der Waals surface area contributed by atoms with Crippen molar-refractivity contribution in [1.29, 1.82) is 0 Å². The minimum Gasteiger partial charge on any atom is -0.392 e. The van der Waals surface area contributed by atoms with Crippen molar-refractivity contribution in [3.8, 4) is 0 Å². The fraction of sp³-hybridized carbons (Fsp3) is 0.684. The molecule has 0 radical (unpaired) electrons. The first-order chi connectivity index (χ1) is 9.99. The van der Waals surface area contributed by atoms with E-state index in [9.17, 15) is 5.11 Å². The van der Waals surface area contributed by atoms with Crippen LogP contribution in [0.4, 0.5) is 5.69 Å². The number of aryl methyl sites for hydroxylation is 1. The van der Waals surface area contributed by atoms with Crippen LogP contribution in [0, 0.1) is 11.3 Å². The molecule has 1 N–H and O–H groups in total. The summed E-state index contributed by atoms with van der Waals surface area (Å²) in [5.41, 5.74) is 2.94. The monoisotopic (exact) mass is 287 g/mol. The summed E-state index contributed by atoms with van der Waals surface area (Å²) < 4.78 is 0. The molecule has 0 aromatic heterocycles. The van der Waals surface area contributed by atoms with Crippen LogP contribution in [0.2, 0.25) is 0 Å². The predicted octanol–water partition coefficient (Wildman–Crippen LogP) is 4.01. The Morgan fingerprint density at radius 3 is 2.81 bits per heavy atom. The molecule has 0 bridgehead atoms. The van der Waals surface area contributed by atoms with Crippen molar-refractivity contribution in [2.75, 3.05) is 11.4 Å². The molecule has 2 heteroatoms. The van der Waals surface area contributed by atoms with Gasteiger partial charge in [0.15, 0.2) is 0 Å². The van der Waals surface area contributed by atoms with E-state index in [0.717, 1.165) is 19.4 Å². The third-order valence-electron chi connectivity index (χ3n) is 5.74. The van der Waals surface area contributed by atoms with E-state index in [-0.39, 0.29) is 11.5 Å².